The van der Waals surface area contributed by atoms with Crippen molar-refractivity contribution >= 4 is 44.6 Å². The number of nitro groups is 1. The number of sulfonamides is 1. The Morgan fingerprint density at radius 1 is 0.933 bits per heavy atom. The molecule has 2 heterocycles. The largest absolute Gasteiger partial charge is 0.508 e. The summed E-state index contributed by atoms with van der Waals surface area (Å²) in [6.07, 6.45) is 4.43. The van der Waals surface area contributed by atoms with Crippen LogP contribution in [0.4, 0.5) is 17.1 Å². The van der Waals surface area contributed by atoms with Crippen LogP contribution < -0.4 is 24.4 Å². The number of piperidine rings is 1. The first kappa shape index (κ1) is 42.8. The summed E-state index contributed by atoms with van der Waals surface area (Å²) in [5.74, 6) is 1.03. The maximum absolute atomic E-state index is 13.8. The van der Waals surface area contributed by atoms with E-state index in [0.717, 1.165) is 88.1 Å². The number of likely N-dealkylation sites (tertiary alicyclic amines) is 1. The number of nitrogens with one attached hydrogen (secondary N) is 2. The van der Waals surface area contributed by atoms with Crippen molar-refractivity contribution in [3.63, 3.8) is 0 Å². The summed E-state index contributed by atoms with van der Waals surface area (Å²) in [7, 11) is -2.55. The fourth-order valence-corrected chi connectivity index (χ4v) is 8.96. The summed E-state index contributed by atoms with van der Waals surface area (Å²) < 4.78 is 41.9. The Hall–Kier alpha value is -5.35. The Labute approximate surface area is 355 Å². The minimum atomic E-state index is -4.56. The zero-order valence-corrected chi connectivity index (χ0v) is 35.6. The maximum Gasteiger partial charge on any atom is 0.293 e. The van der Waals surface area contributed by atoms with Crippen molar-refractivity contribution in [2.45, 2.75) is 56.9 Å². The second kappa shape index (κ2) is 18.1. The second-order valence-electron chi connectivity index (χ2n) is 16.6. The van der Waals surface area contributed by atoms with Crippen LogP contribution in [0, 0.1) is 15.5 Å². The molecule has 1 amide bonds. The number of hydrogen-bond acceptors (Lipinski definition) is 12. The molecule has 0 radical (unpaired) electrons. The molecular formula is C44H51ClN6O8S. The minimum absolute atomic E-state index is 0.000469. The normalized spacial score (nSPS) is 17.9. The molecule has 2 saturated heterocycles. The molecule has 0 bridgehead atoms. The summed E-state index contributed by atoms with van der Waals surface area (Å²) in [4.78, 5) is 31.6. The molecule has 7 rings (SSSR count). The second-order valence-corrected chi connectivity index (χ2v) is 18.7. The number of benzene rings is 4. The summed E-state index contributed by atoms with van der Waals surface area (Å²) in [6, 6.07) is 22.0. The molecular weight excluding hydrogens is 808 g/mol. The standard InChI is InChI=1S/C44H51ClN6O8S/c1-44(2)18-15-30(42(28-44)58-35-10-7-31(45)8-11-35)29-49-21-23-50(24-22-49)33-9-13-38(41(25-33)59-36-6-4-5-34(52)26-36)43(53)47-60(56,57)37-12-14-39(40(27-37)51(54)55)46-32-16-19-48(3)20-17-32/h4-14,25-27,32,46,52H,15-24,28-29H2,1-3H3,(H,47,53). The van der Waals surface area contributed by atoms with Gasteiger partial charge >= 0.3 is 0 Å². The third kappa shape index (κ3) is 10.7. The van der Waals surface area contributed by atoms with Gasteiger partial charge in [0, 0.05) is 74.1 Å². The summed E-state index contributed by atoms with van der Waals surface area (Å²) in [5.41, 5.74) is 1.90. The van der Waals surface area contributed by atoms with E-state index in [9.17, 15) is 28.4 Å². The molecule has 0 atom stereocenters. The van der Waals surface area contributed by atoms with E-state index >= 15 is 0 Å². The summed E-state index contributed by atoms with van der Waals surface area (Å²) in [6.45, 7) is 9.88. The molecule has 3 aliphatic rings. The van der Waals surface area contributed by atoms with E-state index in [-0.39, 0.29) is 40.0 Å². The predicted octanol–water partition coefficient (Wildman–Crippen LogP) is 8.04. The molecule has 318 valence electrons. The first-order valence-electron chi connectivity index (χ1n) is 20.1. The third-order valence-electron chi connectivity index (χ3n) is 11.4. The van der Waals surface area contributed by atoms with Crippen LogP contribution in [0.5, 0.6) is 23.0 Å². The number of amides is 1. The highest BCUT2D eigenvalue weighted by Crippen LogP contribution is 2.40. The predicted molar refractivity (Wildman–Crippen MR) is 232 cm³/mol. The number of phenolic OH excluding ortho intramolecular Hbond substituents is 1. The van der Waals surface area contributed by atoms with Crippen LogP contribution >= 0.6 is 11.6 Å². The minimum Gasteiger partial charge on any atom is -0.508 e. The Morgan fingerprint density at radius 3 is 2.37 bits per heavy atom. The van der Waals surface area contributed by atoms with Crippen molar-refractivity contribution in [2.24, 2.45) is 5.41 Å². The third-order valence-corrected chi connectivity index (χ3v) is 13.0. The van der Waals surface area contributed by atoms with E-state index in [1.807, 2.05) is 31.3 Å². The van der Waals surface area contributed by atoms with Crippen molar-refractivity contribution in [3.8, 4) is 23.0 Å². The monoisotopic (exact) mass is 858 g/mol. The lowest BCUT2D eigenvalue weighted by Gasteiger charge is -2.39. The Bertz CT molecular complexity index is 2360. The number of piperazine rings is 1. The molecule has 1 aliphatic carbocycles. The van der Waals surface area contributed by atoms with E-state index in [1.54, 1.807) is 24.3 Å². The van der Waals surface area contributed by atoms with Crippen molar-refractivity contribution in [1.82, 2.24) is 14.5 Å². The molecule has 60 heavy (non-hydrogen) atoms. The fraction of sp³-hybridized carbons (Fsp3) is 0.386. The quantitative estimate of drug-likeness (QED) is 0.0877. The van der Waals surface area contributed by atoms with Crippen LogP contribution in [-0.2, 0) is 10.0 Å². The number of hydrogen-bond donors (Lipinski definition) is 3. The highest BCUT2D eigenvalue weighted by atomic mass is 35.5. The summed E-state index contributed by atoms with van der Waals surface area (Å²) >= 11 is 6.12. The van der Waals surface area contributed by atoms with Gasteiger partial charge in [0.25, 0.3) is 21.6 Å². The van der Waals surface area contributed by atoms with Crippen molar-refractivity contribution in [1.29, 1.82) is 0 Å². The van der Waals surface area contributed by atoms with Crippen molar-refractivity contribution < 1.29 is 32.7 Å². The topological polar surface area (TPSA) is 167 Å². The average Bonchev–Trinajstić information content (AvgIpc) is 3.20. The van der Waals surface area contributed by atoms with Crippen LogP contribution in [0.3, 0.4) is 0 Å². The lowest BCUT2D eigenvalue weighted by Crippen LogP contribution is -2.47. The number of halogens is 1. The Morgan fingerprint density at radius 2 is 1.67 bits per heavy atom. The number of ether oxygens (including phenoxy) is 2. The van der Waals surface area contributed by atoms with Crippen LogP contribution in [0.25, 0.3) is 0 Å². The number of anilines is 2. The van der Waals surface area contributed by atoms with Gasteiger partial charge in [-0.1, -0.05) is 31.5 Å². The smallest absolute Gasteiger partial charge is 0.293 e. The van der Waals surface area contributed by atoms with Crippen LogP contribution in [0.2, 0.25) is 5.02 Å². The summed E-state index contributed by atoms with van der Waals surface area (Å²) in [5, 5.41) is 26.1. The lowest BCUT2D eigenvalue weighted by molar-refractivity contribution is -0.384. The average molecular weight is 859 g/mol. The molecule has 4 aromatic rings. The molecule has 0 saturated carbocycles. The van der Waals surface area contributed by atoms with Gasteiger partial charge in [0.1, 0.15) is 34.4 Å². The molecule has 16 heteroatoms. The van der Waals surface area contributed by atoms with E-state index in [1.165, 1.54) is 35.9 Å². The van der Waals surface area contributed by atoms with Crippen molar-refractivity contribution in [2.75, 3.05) is 63.1 Å². The number of carbonyl (C=O) groups is 1. The van der Waals surface area contributed by atoms with Crippen LogP contribution in [0.15, 0.2) is 101 Å². The van der Waals surface area contributed by atoms with E-state index in [2.05, 4.69) is 38.6 Å². The van der Waals surface area contributed by atoms with Gasteiger partial charge in [0.15, 0.2) is 0 Å². The van der Waals surface area contributed by atoms with E-state index in [4.69, 9.17) is 21.1 Å². The molecule has 0 aromatic heterocycles. The fourth-order valence-electron chi connectivity index (χ4n) is 7.85. The number of aromatic hydroxyl groups is 1. The van der Waals surface area contributed by atoms with Gasteiger partial charge in [-0.2, -0.15) is 0 Å². The number of carbonyl (C=O) groups excluding carboxylic acids is 1. The van der Waals surface area contributed by atoms with E-state index in [0.29, 0.717) is 18.1 Å². The molecule has 0 unspecified atom stereocenters. The number of nitro benzene ring substituents is 1. The van der Waals surface area contributed by atoms with Gasteiger partial charge < -0.3 is 29.7 Å². The van der Waals surface area contributed by atoms with Gasteiger partial charge in [-0.25, -0.2) is 13.1 Å². The lowest BCUT2D eigenvalue weighted by atomic mass is 9.77. The SMILES string of the molecule is CN1CCC(Nc2ccc(S(=O)(=O)NC(=O)c3ccc(N4CCN(CC5=C(Oc6ccc(Cl)cc6)CC(C)(C)CC5)CC4)cc3Oc3cccc(O)c3)cc2[N+](=O)[O-])CC1. The van der Waals surface area contributed by atoms with Crippen molar-refractivity contribution in [3.05, 3.63) is 117 Å². The molecule has 0 spiro atoms. The van der Waals surface area contributed by atoms with Crippen LogP contribution in [-0.4, -0.2) is 93.1 Å². The van der Waals surface area contributed by atoms with Crippen LogP contribution in [0.1, 0.15) is 56.3 Å². The first-order valence-corrected chi connectivity index (χ1v) is 22.0. The number of rotatable bonds is 13. The molecule has 3 N–H and O–H groups in total. The maximum atomic E-state index is 13.8. The Kier molecular flexibility index (Phi) is 12.9. The first-order chi connectivity index (χ1) is 28.6. The zero-order chi connectivity index (χ0) is 42.6. The molecule has 2 fully saturated rings. The number of allylic oxidation sites excluding steroid dienone is 1. The molecule has 14 nitrogen and oxygen atoms in total. The van der Waals surface area contributed by atoms with Gasteiger partial charge in [0.2, 0.25) is 0 Å². The molecule has 2 aliphatic heterocycles. The highest BCUT2D eigenvalue weighted by Gasteiger charge is 2.31. The zero-order valence-electron chi connectivity index (χ0n) is 34.0. The van der Waals surface area contributed by atoms with Gasteiger partial charge in [-0.15, -0.1) is 0 Å². The number of nitrogens with zero attached hydrogens (tertiary/aromatic N) is 4. The van der Waals surface area contributed by atoms with Gasteiger partial charge in [0.05, 0.1) is 15.4 Å². The molecule has 4 aromatic carbocycles. The number of phenols is 1. The highest BCUT2D eigenvalue weighted by molar-refractivity contribution is 7.90. The van der Waals surface area contributed by atoms with Gasteiger partial charge in [-0.3, -0.25) is 19.8 Å². The Balaban J connectivity index is 1.07. The van der Waals surface area contributed by atoms with E-state index < -0.39 is 31.4 Å². The van der Waals surface area contributed by atoms with Gasteiger partial charge in [-0.05, 0) is 117 Å².